The third kappa shape index (κ3) is 7.19. The van der Waals surface area contributed by atoms with Gasteiger partial charge < -0.3 is 20.4 Å². The van der Waals surface area contributed by atoms with Gasteiger partial charge in [-0.25, -0.2) is 0 Å². The Labute approximate surface area is 241 Å². The van der Waals surface area contributed by atoms with Gasteiger partial charge in [0, 0.05) is 32.6 Å². The van der Waals surface area contributed by atoms with Crippen LogP contribution in [0.25, 0.3) is 0 Å². The Balaban J connectivity index is 1.08. The van der Waals surface area contributed by atoms with E-state index in [1.54, 1.807) is 0 Å². The van der Waals surface area contributed by atoms with Crippen molar-refractivity contribution >= 4 is 54.9 Å². The molecule has 1 saturated heterocycles. The summed E-state index contributed by atoms with van der Waals surface area (Å²) in [7, 11) is 1.89. The summed E-state index contributed by atoms with van der Waals surface area (Å²) >= 11 is 2.85. The lowest BCUT2D eigenvalue weighted by molar-refractivity contribution is -0.119. The number of nitrogens with zero attached hydrogens (tertiary/aromatic N) is 6. The second-order valence-corrected chi connectivity index (χ2v) is 11.7. The number of likely N-dealkylation sites (N-methyl/N-ethyl adjacent to an activating group) is 1. The monoisotopic (exact) mass is 576 g/mol. The van der Waals surface area contributed by atoms with Crippen LogP contribution in [0.4, 0.5) is 20.5 Å². The number of hydrogen-bond donors (Lipinski definition) is 2. The van der Waals surface area contributed by atoms with Crippen LogP contribution in [0, 0.1) is 0 Å². The number of carbonyl (C=O) groups is 2. The highest BCUT2D eigenvalue weighted by Gasteiger charge is 2.25. The van der Waals surface area contributed by atoms with Crippen molar-refractivity contribution in [2.24, 2.45) is 0 Å². The predicted molar refractivity (Wildman–Crippen MR) is 160 cm³/mol. The summed E-state index contributed by atoms with van der Waals surface area (Å²) in [6.07, 6.45) is 2.52. The molecule has 0 spiro atoms. The standard InChI is InChI=1S/C28H32N8O2S2/c1-19(23(37)17-20-9-5-3-6-10-20)35(2)27-33-31-25(39-27)29-22-13-15-36(16-14-22)28-34-32-26(40-28)30-24(38)18-21-11-7-4-8-12-21/h3-12,19,22H,13-18H2,1-2H3,(H,29,31)(H,30,32,38). The largest absolute Gasteiger partial charge is 0.357 e. The van der Waals surface area contributed by atoms with Gasteiger partial charge in [0.05, 0.1) is 12.5 Å². The number of benzene rings is 2. The highest BCUT2D eigenvalue weighted by Crippen LogP contribution is 2.30. The number of aromatic nitrogens is 4. The first-order chi connectivity index (χ1) is 19.4. The van der Waals surface area contributed by atoms with Crippen LogP contribution in [0.3, 0.4) is 0 Å². The van der Waals surface area contributed by atoms with E-state index in [4.69, 9.17) is 0 Å². The van der Waals surface area contributed by atoms with Crippen LogP contribution in [-0.4, -0.2) is 64.3 Å². The Morgan fingerprint density at radius 1 is 0.900 bits per heavy atom. The molecule has 1 aliphatic rings. The van der Waals surface area contributed by atoms with E-state index in [0.717, 1.165) is 47.3 Å². The number of hydrogen-bond acceptors (Lipinski definition) is 11. The molecular weight excluding hydrogens is 544 g/mol. The average Bonchev–Trinajstić information content (AvgIpc) is 3.63. The van der Waals surface area contributed by atoms with Crippen LogP contribution in [0.5, 0.6) is 0 Å². The average molecular weight is 577 g/mol. The van der Waals surface area contributed by atoms with Crippen molar-refractivity contribution in [3.8, 4) is 0 Å². The maximum Gasteiger partial charge on any atom is 0.230 e. The number of ketones is 1. The molecule has 5 rings (SSSR count). The Morgan fingerprint density at radius 2 is 1.52 bits per heavy atom. The van der Waals surface area contributed by atoms with Gasteiger partial charge in [-0.05, 0) is 30.9 Å². The topological polar surface area (TPSA) is 116 Å². The number of Topliss-reactive ketones (excluding diaryl/α,β-unsaturated/α-hetero) is 1. The molecule has 0 saturated carbocycles. The van der Waals surface area contributed by atoms with E-state index >= 15 is 0 Å². The van der Waals surface area contributed by atoms with Crippen LogP contribution in [0.1, 0.15) is 30.9 Å². The predicted octanol–water partition coefficient (Wildman–Crippen LogP) is 4.29. The molecule has 1 atom stereocenters. The first-order valence-electron chi connectivity index (χ1n) is 13.3. The molecule has 3 heterocycles. The van der Waals surface area contributed by atoms with Crippen molar-refractivity contribution in [2.75, 3.05) is 40.6 Å². The second kappa shape index (κ2) is 13.0. The minimum atomic E-state index is -0.302. The van der Waals surface area contributed by atoms with Gasteiger partial charge in [-0.2, -0.15) is 0 Å². The fourth-order valence-corrected chi connectivity index (χ4v) is 6.15. The molecule has 40 heavy (non-hydrogen) atoms. The Bertz CT molecular complexity index is 1400. The summed E-state index contributed by atoms with van der Waals surface area (Å²) in [5.41, 5.74) is 1.97. The van der Waals surface area contributed by atoms with Gasteiger partial charge in [-0.1, -0.05) is 83.3 Å². The van der Waals surface area contributed by atoms with Crippen molar-refractivity contribution in [2.45, 2.75) is 44.7 Å². The molecule has 2 N–H and O–H groups in total. The first-order valence-corrected chi connectivity index (χ1v) is 14.9. The van der Waals surface area contributed by atoms with Crippen LogP contribution in [-0.2, 0) is 22.4 Å². The fraction of sp³-hybridized carbons (Fsp3) is 0.357. The molecular formula is C28H32N8O2S2. The Kier molecular flexibility index (Phi) is 8.97. The molecule has 208 valence electrons. The van der Waals surface area contributed by atoms with Crippen LogP contribution in [0.2, 0.25) is 0 Å². The summed E-state index contributed by atoms with van der Waals surface area (Å²) in [5, 5.41) is 26.3. The van der Waals surface area contributed by atoms with Crippen molar-refractivity contribution in [1.29, 1.82) is 0 Å². The lowest BCUT2D eigenvalue weighted by atomic mass is 10.0. The maximum absolute atomic E-state index is 12.8. The summed E-state index contributed by atoms with van der Waals surface area (Å²) < 4.78 is 0. The van der Waals surface area contributed by atoms with E-state index in [2.05, 4.69) is 35.9 Å². The number of anilines is 4. The van der Waals surface area contributed by atoms with Gasteiger partial charge in [0.2, 0.25) is 26.4 Å². The zero-order valence-corrected chi connectivity index (χ0v) is 24.1. The number of piperidine rings is 1. The van der Waals surface area contributed by atoms with E-state index in [1.165, 1.54) is 22.7 Å². The van der Waals surface area contributed by atoms with Crippen molar-refractivity contribution in [3.05, 3.63) is 71.8 Å². The first kappa shape index (κ1) is 27.7. The second-order valence-electron chi connectivity index (χ2n) is 9.81. The van der Waals surface area contributed by atoms with E-state index in [9.17, 15) is 9.59 Å². The summed E-state index contributed by atoms with van der Waals surface area (Å²) in [5.74, 6) is 0.0372. The highest BCUT2D eigenvalue weighted by molar-refractivity contribution is 7.19. The minimum absolute atomic E-state index is 0.103. The normalized spacial score (nSPS) is 14.5. The van der Waals surface area contributed by atoms with Crippen LogP contribution < -0.4 is 20.4 Å². The maximum atomic E-state index is 12.8. The van der Waals surface area contributed by atoms with Crippen molar-refractivity contribution in [1.82, 2.24) is 20.4 Å². The van der Waals surface area contributed by atoms with Crippen LogP contribution >= 0.6 is 22.7 Å². The molecule has 2 aromatic carbocycles. The molecule has 2 aromatic heterocycles. The van der Waals surface area contributed by atoms with Crippen molar-refractivity contribution in [3.63, 3.8) is 0 Å². The van der Waals surface area contributed by atoms with E-state index in [1.807, 2.05) is 79.5 Å². The smallest absolute Gasteiger partial charge is 0.230 e. The zero-order valence-electron chi connectivity index (χ0n) is 22.5. The zero-order chi connectivity index (χ0) is 27.9. The number of amides is 1. The molecule has 10 nitrogen and oxygen atoms in total. The number of carbonyl (C=O) groups excluding carboxylic acids is 2. The molecule has 12 heteroatoms. The summed E-state index contributed by atoms with van der Waals surface area (Å²) in [6, 6.07) is 19.4. The summed E-state index contributed by atoms with van der Waals surface area (Å²) in [6.45, 7) is 3.55. The third-order valence-electron chi connectivity index (χ3n) is 6.95. The lowest BCUT2D eigenvalue weighted by Crippen LogP contribution is -2.39. The molecule has 1 fully saturated rings. The van der Waals surface area contributed by atoms with Crippen molar-refractivity contribution < 1.29 is 9.59 Å². The van der Waals surface area contributed by atoms with Gasteiger partial charge >= 0.3 is 0 Å². The molecule has 0 radical (unpaired) electrons. The van der Waals surface area contributed by atoms with Crippen LogP contribution in [0.15, 0.2) is 60.7 Å². The van der Waals surface area contributed by atoms with Gasteiger partial charge in [-0.3, -0.25) is 9.59 Å². The molecule has 1 amide bonds. The number of nitrogens with one attached hydrogen (secondary N) is 2. The Hall–Kier alpha value is -3.90. The SMILES string of the molecule is CC(C(=O)Cc1ccccc1)N(C)c1nnc(NC2CCN(c3nnc(NC(=O)Cc4ccccc4)s3)CC2)s1. The Morgan fingerprint density at radius 3 is 2.20 bits per heavy atom. The highest BCUT2D eigenvalue weighted by atomic mass is 32.1. The van der Waals surface area contributed by atoms with Gasteiger partial charge in [-0.15, -0.1) is 20.4 Å². The van der Waals surface area contributed by atoms with E-state index in [-0.39, 0.29) is 23.8 Å². The van der Waals surface area contributed by atoms with Gasteiger partial charge in [0.25, 0.3) is 0 Å². The molecule has 0 bridgehead atoms. The van der Waals surface area contributed by atoms with E-state index in [0.29, 0.717) is 23.1 Å². The number of rotatable bonds is 11. The molecule has 1 aliphatic heterocycles. The minimum Gasteiger partial charge on any atom is -0.357 e. The van der Waals surface area contributed by atoms with Gasteiger partial charge in [0.1, 0.15) is 0 Å². The molecule has 0 aliphatic carbocycles. The van der Waals surface area contributed by atoms with Gasteiger partial charge in [0.15, 0.2) is 5.78 Å². The quantitative estimate of drug-likeness (QED) is 0.270. The summed E-state index contributed by atoms with van der Waals surface area (Å²) in [4.78, 5) is 29.2. The molecule has 4 aromatic rings. The lowest BCUT2D eigenvalue weighted by Gasteiger charge is -2.31. The third-order valence-corrected chi connectivity index (χ3v) is 8.79. The fourth-order valence-electron chi connectivity index (χ4n) is 4.47. The van der Waals surface area contributed by atoms with E-state index < -0.39 is 0 Å². The molecule has 1 unspecified atom stereocenters.